The minimum Gasteiger partial charge on any atom is -0.495 e. The highest BCUT2D eigenvalue weighted by molar-refractivity contribution is 6.31. The number of piperazine rings is 1. The quantitative estimate of drug-likeness (QED) is 0.586. The number of hydrogen-bond acceptors (Lipinski definition) is 6. The molecule has 0 aromatic heterocycles. The molecular weight excluding hydrogens is 456 g/mol. The average molecular weight is 485 g/mol. The predicted molar refractivity (Wildman–Crippen MR) is 131 cm³/mol. The highest BCUT2D eigenvalue weighted by atomic mass is 35.5. The second kappa shape index (κ2) is 10.8. The Labute approximate surface area is 204 Å². The molecule has 2 aliphatic heterocycles. The topological polar surface area (TPSA) is 83.1 Å². The molecule has 0 aliphatic carbocycles. The lowest BCUT2D eigenvalue weighted by Crippen LogP contribution is -2.52. The largest absolute Gasteiger partial charge is 0.495 e. The van der Waals surface area contributed by atoms with Gasteiger partial charge in [-0.3, -0.25) is 4.90 Å². The normalized spacial score (nSPS) is 18.9. The fourth-order valence-corrected chi connectivity index (χ4v) is 4.64. The molecule has 2 aromatic rings. The molecule has 2 N–H and O–H groups in total. The van der Waals surface area contributed by atoms with Crippen LogP contribution in [0.2, 0.25) is 5.02 Å². The molecule has 9 heteroatoms. The molecule has 2 aromatic carbocycles. The number of para-hydroxylation sites is 2. The van der Waals surface area contributed by atoms with Gasteiger partial charge in [0.05, 0.1) is 31.0 Å². The van der Waals surface area contributed by atoms with Crippen molar-refractivity contribution in [3.63, 3.8) is 0 Å². The van der Waals surface area contributed by atoms with E-state index < -0.39 is 12.0 Å². The van der Waals surface area contributed by atoms with Crippen molar-refractivity contribution in [2.45, 2.75) is 13.0 Å². The Bertz CT molecular complexity index is 1080. The number of carbonyl (C=O) groups is 2. The zero-order valence-electron chi connectivity index (χ0n) is 19.3. The molecule has 0 spiro atoms. The number of methoxy groups -OCH3 is 1. The van der Waals surface area contributed by atoms with Gasteiger partial charge in [-0.1, -0.05) is 41.9 Å². The number of nitrogens with zero attached hydrogens (tertiary/aromatic N) is 2. The summed E-state index contributed by atoms with van der Waals surface area (Å²) in [6.45, 7) is 5.52. The molecule has 180 valence electrons. The van der Waals surface area contributed by atoms with Crippen LogP contribution in [0.3, 0.4) is 0 Å². The summed E-state index contributed by atoms with van der Waals surface area (Å²) < 4.78 is 10.9. The van der Waals surface area contributed by atoms with Gasteiger partial charge in [0, 0.05) is 43.4 Å². The molecule has 2 aliphatic rings. The van der Waals surface area contributed by atoms with Crippen molar-refractivity contribution in [3.05, 3.63) is 70.4 Å². The number of carbonyl (C=O) groups excluding carboxylic acids is 2. The van der Waals surface area contributed by atoms with E-state index in [0.717, 1.165) is 37.6 Å². The van der Waals surface area contributed by atoms with Crippen molar-refractivity contribution < 1.29 is 19.1 Å². The van der Waals surface area contributed by atoms with E-state index >= 15 is 0 Å². The first-order valence-corrected chi connectivity index (χ1v) is 11.7. The third-order valence-corrected chi connectivity index (χ3v) is 6.39. The monoisotopic (exact) mass is 484 g/mol. The summed E-state index contributed by atoms with van der Waals surface area (Å²) in [6, 6.07) is 14.1. The van der Waals surface area contributed by atoms with Crippen molar-refractivity contribution in [1.82, 2.24) is 15.5 Å². The molecule has 1 saturated heterocycles. The molecule has 1 atom stereocenters. The fourth-order valence-electron chi connectivity index (χ4n) is 4.40. The zero-order chi connectivity index (χ0) is 24.1. The van der Waals surface area contributed by atoms with Crippen LogP contribution in [-0.4, -0.2) is 63.3 Å². The Hall–Kier alpha value is -3.23. The van der Waals surface area contributed by atoms with E-state index in [1.807, 2.05) is 36.4 Å². The van der Waals surface area contributed by atoms with Gasteiger partial charge in [-0.15, -0.1) is 0 Å². The number of rotatable bonds is 7. The van der Waals surface area contributed by atoms with Crippen molar-refractivity contribution in [2.75, 3.05) is 51.3 Å². The number of nitrogens with one attached hydrogen (secondary N) is 2. The van der Waals surface area contributed by atoms with E-state index in [9.17, 15) is 9.59 Å². The van der Waals surface area contributed by atoms with Gasteiger partial charge >= 0.3 is 12.0 Å². The minimum absolute atomic E-state index is 0.233. The van der Waals surface area contributed by atoms with Gasteiger partial charge in [0.15, 0.2) is 0 Å². The van der Waals surface area contributed by atoms with E-state index in [1.54, 1.807) is 20.1 Å². The first kappa shape index (κ1) is 23.9. The van der Waals surface area contributed by atoms with Crippen molar-refractivity contribution in [2.24, 2.45) is 0 Å². The van der Waals surface area contributed by atoms with Crippen LogP contribution in [0.25, 0.3) is 0 Å². The molecule has 8 nitrogen and oxygen atoms in total. The predicted octanol–water partition coefficient (Wildman–Crippen LogP) is 3.34. The summed E-state index contributed by atoms with van der Waals surface area (Å²) in [6.07, 6.45) is 0. The van der Waals surface area contributed by atoms with Gasteiger partial charge in [-0.2, -0.15) is 0 Å². The van der Waals surface area contributed by atoms with E-state index in [1.165, 1.54) is 0 Å². The lowest BCUT2D eigenvalue weighted by Gasteiger charge is -2.38. The minimum atomic E-state index is -0.689. The van der Waals surface area contributed by atoms with Crippen LogP contribution < -0.4 is 20.3 Å². The summed E-state index contributed by atoms with van der Waals surface area (Å²) in [5.74, 6) is 0.374. The summed E-state index contributed by atoms with van der Waals surface area (Å²) >= 11 is 6.42. The van der Waals surface area contributed by atoms with Gasteiger partial charge < -0.3 is 25.0 Å². The molecule has 2 heterocycles. The van der Waals surface area contributed by atoms with Crippen LogP contribution in [0.4, 0.5) is 10.5 Å². The molecule has 0 bridgehead atoms. The Kier molecular flexibility index (Phi) is 7.59. The smallest absolute Gasteiger partial charge is 0.338 e. The molecule has 0 radical (unpaired) electrons. The Balaban J connectivity index is 1.57. The van der Waals surface area contributed by atoms with Crippen LogP contribution in [0.1, 0.15) is 18.5 Å². The maximum absolute atomic E-state index is 13.0. The number of ether oxygens (including phenoxy) is 2. The van der Waals surface area contributed by atoms with E-state index in [4.69, 9.17) is 21.1 Å². The van der Waals surface area contributed by atoms with Crippen molar-refractivity contribution in [3.8, 4) is 5.75 Å². The van der Waals surface area contributed by atoms with Gasteiger partial charge in [0.1, 0.15) is 5.75 Å². The van der Waals surface area contributed by atoms with Crippen LogP contribution in [0.5, 0.6) is 5.75 Å². The number of anilines is 1. The lowest BCUT2D eigenvalue weighted by atomic mass is 9.94. The molecule has 34 heavy (non-hydrogen) atoms. The number of hydrogen-bond donors (Lipinski definition) is 2. The van der Waals surface area contributed by atoms with Crippen molar-refractivity contribution >= 4 is 29.3 Å². The molecule has 4 rings (SSSR count). The standard InChI is InChI=1S/C25H29ClN4O4/c1-3-34-24(31)22-19(27-25(32)28-23(22)17-8-4-5-9-18(17)26)16-29-12-14-30(15-13-29)20-10-6-7-11-21(20)33-2/h4-11,23H,3,12-16H2,1-2H3,(H2,27,28,32)/t23-/m0/s1. The Morgan fingerprint density at radius 2 is 1.79 bits per heavy atom. The average Bonchev–Trinajstić information content (AvgIpc) is 2.84. The molecule has 2 amide bonds. The second-order valence-electron chi connectivity index (χ2n) is 8.10. The third kappa shape index (κ3) is 5.13. The first-order valence-electron chi connectivity index (χ1n) is 11.3. The summed E-state index contributed by atoms with van der Waals surface area (Å²) in [4.78, 5) is 30.1. The van der Waals surface area contributed by atoms with E-state index in [2.05, 4.69) is 26.5 Å². The zero-order valence-corrected chi connectivity index (χ0v) is 20.1. The Morgan fingerprint density at radius 3 is 2.50 bits per heavy atom. The van der Waals surface area contributed by atoms with E-state index in [-0.39, 0.29) is 12.6 Å². The Morgan fingerprint density at radius 1 is 1.09 bits per heavy atom. The summed E-state index contributed by atoms with van der Waals surface area (Å²) in [5.41, 5.74) is 2.63. The second-order valence-corrected chi connectivity index (χ2v) is 8.51. The fraction of sp³-hybridized carbons (Fsp3) is 0.360. The number of urea groups is 1. The lowest BCUT2D eigenvalue weighted by molar-refractivity contribution is -0.139. The summed E-state index contributed by atoms with van der Waals surface area (Å²) in [5, 5.41) is 6.15. The van der Waals surface area contributed by atoms with Crippen LogP contribution in [0.15, 0.2) is 59.8 Å². The van der Waals surface area contributed by atoms with Gasteiger partial charge in [-0.05, 0) is 30.7 Å². The molecule has 0 saturated carbocycles. The number of halogens is 1. The first-order chi connectivity index (χ1) is 16.5. The van der Waals surface area contributed by atoms with Gasteiger partial charge in [0.2, 0.25) is 0 Å². The van der Waals surface area contributed by atoms with Crippen LogP contribution in [0, 0.1) is 0 Å². The molecule has 0 unspecified atom stereocenters. The third-order valence-electron chi connectivity index (χ3n) is 6.05. The number of esters is 1. The number of benzene rings is 2. The molecule has 1 fully saturated rings. The molecular formula is C25H29ClN4O4. The number of amides is 2. The van der Waals surface area contributed by atoms with Crippen molar-refractivity contribution in [1.29, 1.82) is 0 Å². The highest BCUT2D eigenvalue weighted by Gasteiger charge is 2.35. The maximum Gasteiger partial charge on any atom is 0.338 e. The maximum atomic E-state index is 13.0. The van der Waals surface area contributed by atoms with Crippen LogP contribution >= 0.6 is 11.6 Å². The summed E-state index contributed by atoms with van der Waals surface area (Å²) in [7, 11) is 1.67. The SMILES string of the molecule is CCOC(=O)C1=C(CN2CCN(c3ccccc3OC)CC2)NC(=O)N[C@H]1c1ccccc1Cl. The van der Waals surface area contributed by atoms with Gasteiger partial charge in [0.25, 0.3) is 0 Å². The van der Waals surface area contributed by atoms with E-state index in [0.29, 0.717) is 28.4 Å². The van der Waals surface area contributed by atoms with Crippen LogP contribution in [-0.2, 0) is 9.53 Å². The highest BCUT2D eigenvalue weighted by Crippen LogP contribution is 2.33. The van der Waals surface area contributed by atoms with Gasteiger partial charge in [-0.25, -0.2) is 9.59 Å².